The number of hydrogen-bond acceptors (Lipinski definition) is 4. The van der Waals surface area contributed by atoms with Crippen LogP contribution in [-0.2, 0) is 26.2 Å². The maximum Gasteiger partial charge on any atom is 0.264 e. The summed E-state index contributed by atoms with van der Waals surface area (Å²) in [5.41, 5.74) is 2.67. The van der Waals surface area contributed by atoms with Crippen LogP contribution in [0.4, 0.5) is 10.1 Å². The summed E-state index contributed by atoms with van der Waals surface area (Å²) in [7, 11) is -4.13. The molecule has 3 rings (SSSR count). The van der Waals surface area contributed by atoms with Crippen LogP contribution in [-0.4, -0.2) is 43.8 Å². The highest BCUT2D eigenvalue weighted by molar-refractivity contribution is 7.92. The fraction of sp³-hybridized carbons (Fsp3) is 0.333. The van der Waals surface area contributed by atoms with Gasteiger partial charge in [-0.25, -0.2) is 12.8 Å². The predicted octanol–water partition coefficient (Wildman–Crippen LogP) is 4.97. The van der Waals surface area contributed by atoms with E-state index in [9.17, 15) is 22.4 Å². The summed E-state index contributed by atoms with van der Waals surface area (Å²) in [4.78, 5) is 28.3. The van der Waals surface area contributed by atoms with Gasteiger partial charge in [0, 0.05) is 12.6 Å². The van der Waals surface area contributed by atoms with Gasteiger partial charge in [-0.3, -0.25) is 13.9 Å². The molecule has 9 heteroatoms. The molecular formula is C30H36FN3O4S. The van der Waals surface area contributed by atoms with Gasteiger partial charge < -0.3 is 10.2 Å². The molecule has 39 heavy (non-hydrogen) atoms. The third-order valence-corrected chi connectivity index (χ3v) is 8.40. The van der Waals surface area contributed by atoms with E-state index in [-0.39, 0.29) is 23.4 Å². The first-order valence-corrected chi connectivity index (χ1v) is 14.4. The minimum absolute atomic E-state index is 0.000439. The summed E-state index contributed by atoms with van der Waals surface area (Å²) in [5.74, 6) is -1.35. The Morgan fingerprint density at radius 1 is 0.923 bits per heavy atom. The Kier molecular flexibility index (Phi) is 9.86. The Labute approximate surface area is 230 Å². The number of amides is 2. The highest BCUT2D eigenvalue weighted by Crippen LogP contribution is 2.25. The molecule has 2 unspecified atom stereocenters. The summed E-state index contributed by atoms with van der Waals surface area (Å²) in [5, 5.41) is 2.89. The first-order chi connectivity index (χ1) is 18.4. The highest BCUT2D eigenvalue weighted by atomic mass is 32.2. The molecule has 0 aromatic heterocycles. The van der Waals surface area contributed by atoms with Gasteiger partial charge in [-0.05, 0) is 81.6 Å². The van der Waals surface area contributed by atoms with Crippen molar-refractivity contribution < 1.29 is 22.4 Å². The summed E-state index contributed by atoms with van der Waals surface area (Å²) in [6.45, 7) is 8.57. The van der Waals surface area contributed by atoms with Gasteiger partial charge in [-0.2, -0.15) is 0 Å². The normalized spacial score (nSPS) is 12.9. The second kappa shape index (κ2) is 12.9. The zero-order valence-corrected chi connectivity index (χ0v) is 23.8. The van der Waals surface area contributed by atoms with Crippen LogP contribution in [0.15, 0.2) is 77.7 Å². The Morgan fingerprint density at radius 3 is 2.15 bits per heavy atom. The number of benzene rings is 3. The second-order valence-corrected chi connectivity index (χ2v) is 11.7. The van der Waals surface area contributed by atoms with E-state index < -0.39 is 34.3 Å². The number of nitrogens with zero attached hydrogens (tertiary/aromatic N) is 2. The van der Waals surface area contributed by atoms with Crippen molar-refractivity contribution in [2.45, 2.75) is 64.6 Å². The average molecular weight is 554 g/mol. The van der Waals surface area contributed by atoms with Gasteiger partial charge in [-0.15, -0.1) is 0 Å². The number of sulfonamides is 1. The Balaban J connectivity index is 2.02. The first kappa shape index (κ1) is 29.8. The maximum absolute atomic E-state index is 13.9. The minimum Gasteiger partial charge on any atom is -0.352 e. The van der Waals surface area contributed by atoms with Crippen molar-refractivity contribution in [2.75, 3.05) is 10.8 Å². The lowest BCUT2D eigenvalue weighted by Gasteiger charge is -2.32. The Morgan fingerprint density at radius 2 is 1.56 bits per heavy atom. The Bertz CT molecular complexity index is 1390. The van der Waals surface area contributed by atoms with Gasteiger partial charge in [0.15, 0.2) is 0 Å². The molecule has 0 heterocycles. The largest absolute Gasteiger partial charge is 0.352 e. The number of anilines is 1. The van der Waals surface area contributed by atoms with Gasteiger partial charge in [0.1, 0.15) is 18.4 Å². The molecule has 2 amide bonds. The number of carbonyl (C=O) groups is 2. The molecule has 3 aromatic rings. The molecule has 7 nitrogen and oxygen atoms in total. The molecule has 2 atom stereocenters. The summed E-state index contributed by atoms with van der Waals surface area (Å²) in [6.07, 6.45) is 0.709. The standard InChI is InChI=1S/C30H36FN3O4S/c1-6-23(4)32-30(36)24(5)33(19-25-12-14-26(31)15-13-25)29(35)20-34(27-9-7-8-22(3)18-27)39(37,38)28-16-10-21(2)11-17-28/h7-18,23-24H,6,19-20H2,1-5H3,(H,32,36). The lowest BCUT2D eigenvalue weighted by Crippen LogP contribution is -2.52. The smallest absolute Gasteiger partial charge is 0.264 e. The van der Waals surface area contributed by atoms with Gasteiger partial charge in [0.25, 0.3) is 10.0 Å². The Hall–Kier alpha value is -3.72. The zero-order chi connectivity index (χ0) is 28.7. The predicted molar refractivity (Wildman–Crippen MR) is 151 cm³/mol. The van der Waals surface area contributed by atoms with Crippen molar-refractivity contribution >= 4 is 27.5 Å². The highest BCUT2D eigenvalue weighted by Gasteiger charge is 2.32. The van der Waals surface area contributed by atoms with Crippen LogP contribution in [0.2, 0.25) is 0 Å². The molecule has 3 aromatic carbocycles. The monoisotopic (exact) mass is 553 g/mol. The third-order valence-electron chi connectivity index (χ3n) is 6.61. The molecule has 208 valence electrons. The quantitative estimate of drug-likeness (QED) is 0.363. The van der Waals surface area contributed by atoms with Gasteiger partial charge in [0.05, 0.1) is 10.6 Å². The molecule has 0 aliphatic heterocycles. The number of aryl methyl sites for hydroxylation is 2. The molecule has 0 bridgehead atoms. The van der Waals surface area contributed by atoms with Crippen molar-refractivity contribution in [3.05, 3.63) is 95.3 Å². The number of nitrogens with one attached hydrogen (secondary N) is 1. The van der Waals surface area contributed by atoms with Gasteiger partial charge in [-0.1, -0.05) is 48.9 Å². The van der Waals surface area contributed by atoms with E-state index in [1.165, 1.54) is 41.3 Å². The molecule has 0 fully saturated rings. The van der Waals surface area contributed by atoms with Gasteiger partial charge in [0.2, 0.25) is 11.8 Å². The van der Waals surface area contributed by atoms with Crippen molar-refractivity contribution in [3.63, 3.8) is 0 Å². The molecule has 0 saturated carbocycles. The van der Waals surface area contributed by atoms with E-state index in [2.05, 4.69) is 5.32 Å². The fourth-order valence-corrected chi connectivity index (χ4v) is 5.39. The topological polar surface area (TPSA) is 86.8 Å². The molecule has 1 N–H and O–H groups in total. The lowest BCUT2D eigenvalue weighted by atomic mass is 10.1. The minimum atomic E-state index is -4.13. The van der Waals surface area contributed by atoms with Crippen LogP contribution in [0.5, 0.6) is 0 Å². The molecule has 0 aliphatic carbocycles. The molecule has 0 saturated heterocycles. The molecule has 0 radical (unpaired) electrons. The molecular weight excluding hydrogens is 517 g/mol. The summed E-state index contributed by atoms with van der Waals surface area (Å²) >= 11 is 0. The number of halogens is 1. The van der Waals surface area contributed by atoms with E-state index in [4.69, 9.17) is 0 Å². The number of carbonyl (C=O) groups excluding carboxylic acids is 2. The van der Waals surface area contributed by atoms with E-state index in [0.29, 0.717) is 17.7 Å². The van der Waals surface area contributed by atoms with Crippen LogP contribution in [0.1, 0.15) is 43.9 Å². The van der Waals surface area contributed by atoms with Crippen LogP contribution in [0, 0.1) is 19.7 Å². The van der Waals surface area contributed by atoms with Crippen LogP contribution < -0.4 is 9.62 Å². The first-order valence-electron chi connectivity index (χ1n) is 12.9. The lowest BCUT2D eigenvalue weighted by molar-refractivity contribution is -0.139. The molecule has 0 spiro atoms. The number of hydrogen-bond donors (Lipinski definition) is 1. The van der Waals surface area contributed by atoms with Crippen molar-refractivity contribution in [3.8, 4) is 0 Å². The third kappa shape index (κ3) is 7.66. The van der Waals surface area contributed by atoms with Crippen molar-refractivity contribution in [1.29, 1.82) is 0 Å². The van der Waals surface area contributed by atoms with Crippen molar-refractivity contribution in [2.24, 2.45) is 0 Å². The van der Waals surface area contributed by atoms with Crippen LogP contribution >= 0.6 is 0 Å². The SMILES string of the molecule is CCC(C)NC(=O)C(C)N(Cc1ccc(F)cc1)C(=O)CN(c1cccc(C)c1)S(=O)(=O)c1ccc(C)cc1. The van der Waals surface area contributed by atoms with Crippen LogP contribution in [0.3, 0.4) is 0 Å². The second-order valence-electron chi connectivity index (χ2n) is 9.81. The van der Waals surface area contributed by atoms with Gasteiger partial charge >= 0.3 is 0 Å². The van der Waals surface area contributed by atoms with E-state index in [1.807, 2.05) is 33.8 Å². The fourth-order valence-electron chi connectivity index (χ4n) is 3.98. The zero-order valence-electron chi connectivity index (χ0n) is 23.0. The van der Waals surface area contributed by atoms with E-state index >= 15 is 0 Å². The summed E-state index contributed by atoms with van der Waals surface area (Å²) in [6, 6.07) is 17.9. The van der Waals surface area contributed by atoms with Crippen LogP contribution in [0.25, 0.3) is 0 Å². The average Bonchev–Trinajstić information content (AvgIpc) is 2.90. The molecule has 0 aliphatic rings. The van der Waals surface area contributed by atoms with E-state index in [0.717, 1.165) is 15.4 Å². The van der Waals surface area contributed by atoms with Crippen molar-refractivity contribution in [1.82, 2.24) is 10.2 Å². The van der Waals surface area contributed by atoms with E-state index in [1.54, 1.807) is 37.3 Å². The number of rotatable bonds is 11. The maximum atomic E-state index is 13.9. The summed E-state index contributed by atoms with van der Waals surface area (Å²) < 4.78 is 42.3.